The molecule has 0 radical (unpaired) electrons. The van der Waals surface area contributed by atoms with E-state index in [1.54, 1.807) is 21.9 Å². The van der Waals surface area contributed by atoms with Gasteiger partial charge in [-0.3, -0.25) is 14.4 Å². The SMILES string of the molecule is CC(=O)N1CCN(C(=O)C(Cc2ccccc2)NC(=O)c2ccco2)CC1. The van der Waals surface area contributed by atoms with Crippen molar-refractivity contribution in [1.82, 2.24) is 15.1 Å². The van der Waals surface area contributed by atoms with Crippen molar-refractivity contribution in [2.24, 2.45) is 0 Å². The van der Waals surface area contributed by atoms with E-state index in [0.29, 0.717) is 32.6 Å². The first-order chi connectivity index (χ1) is 13.0. The lowest BCUT2D eigenvalue weighted by Gasteiger charge is -2.36. The van der Waals surface area contributed by atoms with Gasteiger partial charge in [0.05, 0.1) is 6.26 Å². The Hall–Kier alpha value is -3.09. The molecule has 142 valence electrons. The highest BCUT2D eigenvalue weighted by Gasteiger charge is 2.30. The summed E-state index contributed by atoms with van der Waals surface area (Å²) in [6, 6.07) is 12.0. The molecule has 1 aliphatic rings. The van der Waals surface area contributed by atoms with Gasteiger partial charge >= 0.3 is 0 Å². The van der Waals surface area contributed by atoms with Crippen molar-refractivity contribution in [3.05, 3.63) is 60.1 Å². The molecule has 27 heavy (non-hydrogen) atoms. The monoisotopic (exact) mass is 369 g/mol. The third-order valence-corrected chi connectivity index (χ3v) is 4.67. The molecule has 1 aromatic heterocycles. The number of amides is 3. The molecule has 1 aliphatic heterocycles. The van der Waals surface area contributed by atoms with E-state index in [1.807, 2.05) is 30.3 Å². The van der Waals surface area contributed by atoms with Crippen molar-refractivity contribution in [2.75, 3.05) is 26.2 Å². The van der Waals surface area contributed by atoms with Crippen LogP contribution in [-0.2, 0) is 16.0 Å². The lowest BCUT2D eigenvalue weighted by atomic mass is 10.0. The fourth-order valence-corrected chi connectivity index (χ4v) is 3.15. The minimum atomic E-state index is -0.700. The van der Waals surface area contributed by atoms with E-state index < -0.39 is 11.9 Å². The zero-order valence-electron chi connectivity index (χ0n) is 15.3. The lowest BCUT2D eigenvalue weighted by Crippen LogP contribution is -2.56. The summed E-state index contributed by atoms with van der Waals surface area (Å²) < 4.78 is 5.13. The molecular formula is C20H23N3O4. The van der Waals surface area contributed by atoms with Gasteiger partial charge in [-0.15, -0.1) is 0 Å². The summed E-state index contributed by atoms with van der Waals surface area (Å²) >= 11 is 0. The van der Waals surface area contributed by atoms with Crippen LogP contribution in [0.5, 0.6) is 0 Å². The molecule has 1 aromatic carbocycles. The highest BCUT2D eigenvalue weighted by Crippen LogP contribution is 2.11. The zero-order chi connectivity index (χ0) is 19.2. The van der Waals surface area contributed by atoms with Crippen molar-refractivity contribution in [1.29, 1.82) is 0 Å². The number of benzene rings is 1. The number of hydrogen-bond donors (Lipinski definition) is 1. The summed E-state index contributed by atoms with van der Waals surface area (Å²) in [6.07, 6.45) is 1.81. The Morgan fingerprint density at radius 2 is 1.67 bits per heavy atom. The molecule has 2 heterocycles. The zero-order valence-corrected chi connectivity index (χ0v) is 15.3. The number of carbonyl (C=O) groups excluding carboxylic acids is 3. The average molecular weight is 369 g/mol. The largest absolute Gasteiger partial charge is 0.459 e. The number of hydrogen-bond acceptors (Lipinski definition) is 4. The van der Waals surface area contributed by atoms with E-state index in [0.717, 1.165) is 5.56 Å². The molecule has 0 spiro atoms. The van der Waals surface area contributed by atoms with Crippen molar-refractivity contribution in [2.45, 2.75) is 19.4 Å². The summed E-state index contributed by atoms with van der Waals surface area (Å²) in [6.45, 7) is 3.45. The van der Waals surface area contributed by atoms with Gasteiger partial charge in [-0.2, -0.15) is 0 Å². The maximum atomic E-state index is 13.1. The number of nitrogens with one attached hydrogen (secondary N) is 1. The molecule has 3 amide bonds. The first-order valence-corrected chi connectivity index (χ1v) is 8.97. The topological polar surface area (TPSA) is 82.9 Å². The van der Waals surface area contributed by atoms with Gasteiger partial charge in [0.25, 0.3) is 5.91 Å². The first kappa shape index (κ1) is 18.7. The van der Waals surface area contributed by atoms with Crippen LogP contribution in [0.4, 0.5) is 0 Å². The number of rotatable bonds is 5. The molecule has 0 saturated carbocycles. The molecule has 1 fully saturated rings. The van der Waals surface area contributed by atoms with Crippen LogP contribution in [0.2, 0.25) is 0 Å². The Labute approximate surface area is 157 Å². The van der Waals surface area contributed by atoms with Gasteiger partial charge < -0.3 is 19.5 Å². The van der Waals surface area contributed by atoms with Crippen LogP contribution < -0.4 is 5.32 Å². The van der Waals surface area contributed by atoms with Gasteiger partial charge in [0.2, 0.25) is 11.8 Å². The molecule has 1 saturated heterocycles. The minimum absolute atomic E-state index is 0.00839. The quantitative estimate of drug-likeness (QED) is 0.861. The highest BCUT2D eigenvalue weighted by atomic mass is 16.3. The van der Waals surface area contributed by atoms with Crippen LogP contribution in [0.25, 0.3) is 0 Å². The number of piperazine rings is 1. The van der Waals surface area contributed by atoms with E-state index in [1.165, 1.54) is 13.2 Å². The van der Waals surface area contributed by atoms with Gasteiger partial charge in [0.15, 0.2) is 5.76 Å². The van der Waals surface area contributed by atoms with Gasteiger partial charge in [-0.05, 0) is 17.7 Å². The Morgan fingerprint density at radius 3 is 2.26 bits per heavy atom. The Morgan fingerprint density at radius 1 is 1.00 bits per heavy atom. The summed E-state index contributed by atoms with van der Waals surface area (Å²) in [5, 5.41) is 2.79. The predicted octanol–water partition coefficient (Wildman–Crippen LogP) is 1.31. The number of nitrogens with zero attached hydrogens (tertiary/aromatic N) is 2. The molecule has 0 aliphatic carbocycles. The fraction of sp³-hybridized carbons (Fsp3) is 0.350. The molecular weight excluding hydrogens is 346 g/mol. The predicted molar refractivity (Wildman–Crippen MR) is 98.9 cm³/mol. The smallest absolute Gasteiger partial charge is 0.287 e. The van der Waals surface area contributed by atoms with Gasteiger partial charge in [-0.25, -0.2) is 0 Å². The molecule has 7 heteroatoms. The molecule has 3 rings (SSSR count). The lowest BCUT2D eigenvalue weighted by molar-refractivity contribution is -0.139. The van der Waals surface area contributed by atoms with Gasteiger partial charge in [0, 0.05) is 39.5 Å². The third-order valence-electron chi connectivity index (χ3n) is 4.67. The number of carbonyl (C=O) groups is 3. The maximum absolute atomic E-state index is 13.1. The molecule has 1 atom stereocenters. The van der Waals surface area contributed by atoms with Crippen molar-refractivity contribution < 1.29 is 18.8 Å². The second-order valence-corrected chi connectivity index (χ2v) is 6.52. The first-order valence-electron chi connectivity index (χ1n) is 8.97. The van der Waals surface area contributed by atoms with Crippen LogP contribution in [0.15, 0.2) is 53.1 Å². The molecule has 1 N–H and O–H groups in total. The summed E-state index contributed by atoms with van der Waals surface area (Å²) in [5.41, 5.74) is 0.956. The van der Waals surface area contributed by atoms with E-state index in [-0.39, 0.29) is 17.6 Å². The third kappa shape index (κ3) is 4.75. The van der Waals surface area contributed by atoms with E-state index >= 15 is 0 Å². The van der Waals surface area contributed by atoms with Crippen molar-refractivity contribution in [3.8, 4) is 0 Å². The van der Waals surface area contributed by atoms with Crippen molar-refractivity contribution >= 4 is 17.7 Å². The van der Waals surface area contributed by atoms with Crippen LogP contribution in [-0.4, -0.2) is 59.7 Å². The fourth-order valence-electron chi connectivity index (χ4n) is 3.15. The summed E-state index contributed by atoms with van der Waals surface area (Å²) in [5.74, 6) is -0.394. The minimum Gasteiger partial charge on any atom is -0.459 e. The van der Waals surface area contributed by atoms with Crippen LogP contribution in [0.1, 0.15) is 23.0 Å². The standard InChI is InChI=1S/C20H23N3O4/c1-15(24)22-9-11-23(12-10-22)20(26)17(14-16-6-3-2-4-7-16)21-19(25)18-8-5-13-27-18/h2-8,13,17H,9-12,14H2,1H3,(H,21,25). The van der Waals surface area contributed by atoms with Crippen LogP contribution >= 0.6 is 0 Å². The molecule has 0 bridgehead atoms. The van der Waals surface area contributed by atoms with Gasteiger partial charge in [0.1, 0.15) is 6.04 Å². The Balaban J connectivity index is 1.71. The van der Waals surface area contributed by atoms with Crippen molar-refractivity contribution in [3.63, 3.8) is 0 Å². The second kappa shape index (κ2) is 8.53. The van der Waals surface area contributed by atoms with E-state index in [9.17, 15) is 14.4 Å². The van der Waals surface area contributed by atoms with E-state index in [4.69, 9.17) is 4.42 Å². The molecule has 2 aromatic rings. The maximum Gasteiger partial charge on any atom is 0.287 e. The molecule has 1 unspecified atom stereocenters. The Bertz CT molecular complexity index is 781. The normalized spacial score (nSPS) is 15.3. The molecule has 7 nitrogen and oxygen atoms in total. The summed E-state index contributed by atoms with van der Waals surface area (Å²) in [7, 11) is 0. The number of furan rings is 1. The second-order valence-electron chi connectivity index (χ2n) is 6.52. The Kier molecular flexibility index (Phi) is 5.90. The van der Waals surface area contributed by atoms with Crippen LogP contribution in [0, 0.1) is 0 Å². The highest BCUT2D eigenvalue weighted by molar-refractivity contribution is 5.95. The average Bonchev–Trinajstić information content (AvgIpc) is 3.23. The van der Waals surface area contributed by atoms with Crippen LogP contribution in [0.3, 0.4) is 0 Å². The van der Waals surface area contributed by atoms with Gasteiger partial charge in [-0.1, -0.05) is 30.3 Å². The van der Waals surface area contributed by atoms with E-state index in [2.05, 4.69) is 5.32 Å². The summed E-state index contributed by atoms with van der Waals surface area (Å²) in [4.78, 5) is 40.4.